The van der Waals surface area contributed by atoms with Crippen molar-refractivity contribution < 1.29 is 9.84 Å². The molecule has 4 bridgehead atoms. The van der Waals surface area contributed by atoms with Gasteiger partial charge in [-0.3, -0.25) is 0 Å². The Labute approximate surface area is 117 Å². The maximum Gasteiger partial charge on any atom is 0.0899 e. The fourth-order valence-corrected chi connectivity index (χ4v) is 5.35. The number of aliphatic hydroxyl groups is 1. The van der Waals surface area contributed by atoms with Crippen molar-refractivity contribution in [3.63, 3.8) is 0 Å². The predicted molar refractivity (Wildman–Crippen MR) is 76.0 cm³/mol. The normalized spacial score (nSPS) is 42.0. The van der Waals surface area contributed by atoms with E-state index in [0.717, 1.165) is 24.4 Å². The maximum absolute atomic E-state index is 9.87. The minimum Gasteiger partial charge on any atom is -0.389 e. The van der Waals surface area contributed by atoms with Crippen LogP contribution in [0, 0.1) is 23.2 Å². The molecule has 3 heteroatoms. The van der Waals surface area contributed by atoms with Crippen molar-refractivity contribution in [1.29, 1.82) is 0 Å². The SMILES string of the molecule is CN(C)C[C@H](O)COCC12CC3CC(CC(C3)C1)C2. The minimum atomic E-state index is -0.344. The number of aliphatic hydroxyl groups excluding tert-OH is 1. The quantitative estimate of drug-likeness (QED) is 0.800. The third-order valence-electron chi connectivity index (χ3n) is 5.46. The Morgan fingerprint density at radius 3 is 2.11 bits per heavy atom. The van der Waals surface area contributed by atoms with Gasteiger partial charge in [0, 0.05) is 6.54 Å². The van der Waals surface area contributed by atoms with E-state index in [-0.39, 0.29) is 6.10 Å². The summed E-state index contributed by atoms with van der Waals surface area (Å²) in [5.41, 5.74) is 0.479. The Balaban J connectivity index is 1.47. The molecule has 4 aliphatic rings. The predicted octanol–water partition coefficient (Wildman–Crippen LogP) is 2.14. The van der Waals surface area contributed by atoms with E-state index < -0.39 is 0 Å². The molecule has 4 saturated carbocycles. The molecule has 0 saturated heterocycles. The molecule has 0 aliphatic heterocycles. The van der Waals surface area contributed by atoms with Crippen molar-refractivity contribution >= 4 is 0 Å². The van der Waals surface area contributed by atoms with E-state index in [9.17, 15) is 5.11 Å². The largest absolute Gasteiger partial charge is 0.389 e. The Kier molecular flexibility index (Phi) is 3.89. The van der Waals surface area contributed by atoms with E-state index in [4.69, 9.17) is 4.74 Å². The summed E-state index contributed by atoms with van der Waals surface area (Å²) in [6.45, 7) is 2.09. The maximum atomic E-state index is 9.87. The lowest BCUT2D eigenvalue weighted by molar-refractivity contribution is -0.106. The van der Waals surface area contributed by atoms with Crippen LogP contribution >= 0.6 is 0 Å². The molecule has 0 aromatic rings. The second-order valence-corrected chi connectivity index (χ2v) is 7.85. The fraction of sp³-hybridized carbons (Fsp3) is 1.00. The average molecular weight is 267 g/mol. The average Bonchev–Trinajstić information content (AvgIpc) is 2.25. The molecule has 4 rings (SSSR count). The van der Waals surface area contributed by atoms with Gasteiger partial charge in [0.05, 0.1) is 19.3 Å². The summed E-state index contributed by atoms with van der Waals surface area (Å²) in [5, 5.41) is 9.87. The fourth-order valence-electron chi connectivity index (χ4n) is 5.35. The lowest BCUT2D eigenvalue weighted by Crippen LogP contribution is -2.48. The molecule has 0 amide bonds. The molecule has 0 aromatic carbocycles. The van der Waals surface area contributed by atoms with Crippen LogP contribution < -0.4 is 0 Å². The highest BCUT2D eigenvalue weighted by atomic mass is 16.5. The van der Waals surface area contributed by atoms with Gasteiger partial charge in [0.15, 0.2) is 0 Å². The van der Waals surface area contributed by atoms with Crippen molar-refractivity contribution in [2.45, 2.75) is 44.6 Å². The van der Waals surface area contributed by atoms with Gasteiger partial charge >= 0.3 is 0 Å². The first-order valence-corrected chi connectivity index (χ1v) is 7.95. The number of nitrogens with zero attached hydrogens (tertiary/aromatic N) is 1. The monoisotopic (exact) mass is 267 g/mol. The van der Waals surface area contributed by atoms with E-state index in [1.54, 1.807) is 0 Å². The van der Waals surface area contributed by atoms with Crippen LogP contribution in [0.4, 0.5) is 0 Å². The third kappa shape index (κ3) is 3.14. The van der Waals surface area contributed by atoms with E-state index in [2.05, 4.69) is 0 Å². The molecule has 3 nitrogen and oxygen atoms in total. The summed E-state index contributed by atoms with van der Waals surface area (Å²) in [6, 6.07) is 0. The Hall–Kier alpha value is -0.120. The Morgan fingerprint density at radius 2 is 1.63 bits per heavy atom. The lowest BCUT2D eigenvalue weighted by Gasteiger charge is -2.56. The molecule has 1 N–H and O–H groups in total. The highest BCUT2D eigenvalue weighted by molar-refractivity contribution is 5.01. The summed E-state index contributed by atoms with van der Waals surface area (Å²) in [7, 11) is 3.98. The standard InChI is InChI=1S/C16H29NO2/c1-17(2)9-15(18)10-19-11-16-6-12-3-13(7-16)5-14(4-12)8-16/h12-15,18H,3-11H2,1-2H3/t12?,13?,14?,15-,16?/m0/s1. The summed E-state index contributed by atoms with van der Waals surface area (Å²) in [4.78, 5) is 2.01. The third-order valence-corrected chi connectivity index (χ3v) is 5.46. The summed E-state index contributed by atoms with van der Waals surface area (Å²) >= 11 is 0. The first-order chi connectivity index (χ1) is 9.05. The molecule has 0 unspecified atom stereocenters. The molecular weight excluding hydrogens is 238 g/mol. The summed E-state index contributed by atoms with van der Waals surface area (Å²) < 4.78 is 5.90. The van der Waals surface area contributed by atoms with Crippen LogP contribution in [0.1, 0.15) is 38.5 Å². The Morgan fingerprint density at radius 1 is 1.11 bits per heavy atom. The lowest BCUT2D eigenvalue weighted by atomic mass is 9.50. The van der Waals surface area contributed by atoms with E-state index >= 15 is 0 Å². The van der Waals surface area contributed by atoms with Crippen LogP contribution in [-0.2, 0) is 4.74 Å². The smallest absolute Gasteiger partial charge is 0.0899 e. The van der Waals surface area contributed by atoms with Crippen LogP contribution in [-0.4, -0.2) is 50.0 Å². The number of ether oxygens (including phenoxy) is 1. The zero-order valence-electron chi connectivity index (χ0n) is 12.5. The van der Waals surface area contributed by atoms with Crippen LogP contribution in [0.15, 0.2) is 0 Å². The number of hydrogen-bond acceptors (Lipinski definition) is 3. The first kappa shape index (κ1) is 13.8. The molecule has 0 radical (unpaired) electrons. The Bertz CT molecular complexity index is 281. The van der Waals surface area contributed by atoms with Crippen LogP contribution in [0.2, 0.25) is 0 Å². The molecule has 4 aliphatic carbocycles. The van der Waals surface area contributed by atoms with E-state index in [1.165, 1.54) is 38.5 Å². The highest BCUT2D eigenvalue weighted by Gasteiger charge is 2.50. The first-order valence-electron chi connectivity index (χ1n) is 7.95. The van der Waals surface area contributed by atoms with Gasteiger partial charge in [0.1, 0.15) is 0 Å². The number of rotatable bonds is 6. The van der Waals surface area contributed by atoms with Crippen LogP contribution in [0.25, 0.3) is 0 Å². The highest BCUT2D eigenvalue weighted by Crippen LogP contribution is 2.59. The molecule has 0 heterocycles. The van der Waals surface area contributed by atoms with Crippen LogP contribution in [0.3, 0.4) is 0 Å². The zero-order chi connectivity index (χ0) is 13.5. The molecule has 19 heavy (non-hydrogen) atoms. The van der Waals surface area contributed by atoms with Gasteiger partial charge in [-0.2, -0.15) is 0 Å². The van der Waals surface area contributed by atoms with E-state index in [0.29, 0.717) is 18.6 Å². The zero-order valence-corrected chi connectivity index (χ0v) is 12.5. The molecule has 110 valence electrons. The van der Waals surface area contributed by atoms with Crippen molar-refractivity contribution in [3.05, 3.63) is 0 Å². The molecule has 0 aromatic heterocycles. The second-order valence-electron chi connectivity index (χ2n) is 7.85. The van der Waals surface area contributed by atoms with Gasteiger partial charge in [0.25, 0.3) is 0 Å². The van der Waals surface area contributed by atoms with Gasteiger partial charge in [-0.25, -0.2) is 0 Å². The van der Waals surface area contributed by atoms with Gasteiger partial charge in [-0.1, -0.05) is 0 Å². The minimum absolute atomic E-state index is 0.344. The van der Waals surface area contributed by atoms with Gasteiger partial charge in [0.2, 0.25) is 0 Å². The molecular formula is C16H29NO2. The second kappa shape index (κ2) is 5.34. The van der Waals surface area contributed by atoms with Crippen molar-refractivity contribution in [2.75, 3.05) is 33.9 Å². The topological polar surface area (TPSA) is 32.7 Å². The van der Waals surface area contributed by atoms with Gasteiger partial charge < -0.3 is 14.7 Å². The van der Waals surface area contributed by atoms with E-state index in [1.807, 2.05) is 19.0 Å². The number of hydrogen-bond donors (Lipinski definition) is 1. The molecule has 1 atom stereocenters. The summed E-state index contributed by atoms with van der Waals surface area (Å²) in [6.07, 6.45) is 8.30. The van der Waals surface area contributed by atoms with Gasteiger partial charge in [-0.15, -0.1) is 0 Å². The molecule has 0 spiro atoms. The van der Waals surface area contributed by atoms with Crippen LogP contribution in [0.5, 0.6) is 0 Å². The summed E-state index contributed by atoms with van der Waals surface area (Å²) in [5.74, 6) is 2.96. The van der Waals surface area contributed by atoms with Crippen molar-refractivity contribution in [1.82, 2.24) is 4.90 Å². The number of likely N-dealkylation sites (N-methyl/N-ethyl adjacent to an activating group) is 1. The molecule has 4 fully saturated rings. The van der Waals surface area contributed by atoms with Gasteiger partial charge in [-0.05, 0) is 75.8 Å². The van der Waals surface area contributed by atoms with Crippen molar-refractivity contribution in [2.24, 2.45) is 23.2 Å². The van der Waals surface area contributed by atoms with Crippen molar-refractivity contribution in [3.8, 4) is 0 Å².